The van der Waals surface area contributed by atoms with E-state index < -0.39 is 0 Å². The predicted octanol–water partition coefficient (Wildman–Crippen LogP) is 3.47. The fraction of sp³-hybridized carbons (Fsp3) is 0.562. The summed E-state index contributed by atoms with van der Waals surface area (Å²) < 4.78 is 0. The summed E-state index contributed by atoms with van der Waals surface area (Å²) in [6, 6.07) is 10.6. The topological polar surface area (TPSA) is 20.3 Å². The van der Waals surface area contributed by atoms with Crippen molar-refractivity contribution in [3.8, 4) is 0 Å². The lowest BCUT2D eigenvalue weighted by atomic mass is 9.79. The quantitative estimate of drug-likeness (QED) is 0.798. The van der Waals surface area contributed by atoms with E-state index in [1.807, 2.05) is 18.2 Å². The first-order valence-electron chi connectivity index (χ1n) is 6.75. The molecule has 1 atom stereocenters. The van der Waals surface area contributed by atoms with Crippen LogP contribution in [0.3, 0.4) is 0 Å². The van der Waals surface area contributed by atoms with Crippen molar-refractivity contribution in [2.75, 3.05) is 0 Å². The van der Waals surface area contributed by atoms with Crippen molar-refractivity contribution < 1.29 is 4.79 Å². The van der Waals surface area contributed by atoms with Gasteiger partial charge in [0.05, 0.1) is 0 Å². The van der Waals surface area contributed by atoms with Crippen LogP contribution < -0.4 is 0 Å². The summed E-state index contributed by atoms with van der Waals surface area (Å²) in [5.74, 6) is 0.790. The van der Waals surface area contributed by atoms with Crippen molar-refractivity contribution in [1.82, 2.24) is 4.90 Å². The second-order valence-electron chi connectivity index (χ2n) is 6.36. The molecule has 1 saturated heterocycles. The highest BCUT2D eigenvalue weighted by Gasteiger charge is 2.46. The first-order chi connectivity index (χ1) is 8.42. The average Bonchev–Trinajstić information content (AvgIpc) is 2.49. The van der Waals surface area contributed by atoms with Crippen LogP contribution in [0, 0.1) is 11.3 Å². The summed E-state index contributed by atoms with van der Waals surface area (Å²) in [4.78, 5) is 14.3. The number of hydrogen-bond donors (Lipinski definition) is 0. The summed E-state index contributed by atoms with van der Waals surface area (Å²) in [7, 11) is 0. The van der Waals surface area contributed by atoms with Gasteiger partial charge in [-0.2, -0.15) is 0 Å². The SMILES string of the molecule is CC(C)C1N(Cc2ccccc2)C(=O)CC1(C)C. The van der Waals surface area contributed by atoms with Gasteiger partial charge in [-0.25, -0.2) is 0 Å². The van der Waals surface area contributed by atoms with E-state index in [0.717, 1.165) is 6.54 Å². The number of amides is 1. The van der Waals surface area contributed by atoms with Gasteiger partial charge in [0.25, 0.3) is 0 Å². The minimum absolute atomic E-state index is 0.0834. The molecule has 2 heteroatoms. The number of carbonyl (C=O) groups is 1. The maximum Gasteiger partial charge on any atom is 0.223 e. The summed E-state index contributed by atoms with van der Waals surface area (Å²) in [5, 5.41) is 0. The zero-order valence-corrected chi connectivity index (χ0v) is 11.8. The van der Waals surface area contributed by atoms with Gasteiger partial charge in [0.1, 0.15) is 0 Å². The molecule has 1 aromatic rings. The first kappa shape index (κ1) is 13.1. The minimum atomic E-state index is 0.0834. The van der Waals surface area contributed by atoms with Crippen LogP contribution >= 0.6 is 0 Å². The third-order valence-electron chi connectivity index (χ3n) is 3.89. The molecule has 1 fully saturated rings. The molecule has 0 N–H and O–H groups in total. The van der Waals surface area contributed by atoms with Crippen LogP contribution in [0.5, 0.6) is 0 Å². The number of carbonyl (C=O) groups excluding carboxylic acids is 1. The molecular weight excluding hydrogens is 222 g/mol. The van der Waals surface area contributed by atoms with Crippen molar-refractivity contribution in [1.29, 1.82) is 0 Å². The molecule has 0 bridgehead atoms. The van der Waals surface area contributed by atoms with E-state index in [-0.39, 0.29) is 5.41 Å². The molecule has 18 heavy (non-hydrogen) atoms. The van der Waals surface area contributed by atoms with Crippen molar-refractivity contribution in [3.05, 3.63) is 35.9 Å². The lowest BCUT2D eigenvalue weighted by Gasteiger charge is -2.35. The van der Waals surface area contributed by atoms with Gasteiger partial charge < -0.3 is 4.90 Å². The van der Waals surface area contributed by atoms with E-state index in [2.05, 4.69) is 44.7 Å². The standard InChI is InChI=1S/C16H23NO/c1-12(2)15-16(3,4)10-14(18)17(15)11-13-8-6-5-7-9-13/h5-9,12,15H,10-11H2,1-4H3. The minimum Gasteiger partial charge on any atom is -0.335 e. The van der Waals surface area contributed by atoms with Crippen LogP contribution in [-0.4, -0.2) is 16.8 Å². The maximum atomic E-state index is 12.2. The average molecular weight is 245 g/mol. The molecule has 2 rings (SSSR count). The Morgan fingerprint density at radius 3 is 2.44 bits per heavy atom. The van der Waals surface area contributed by atoms with Crippen LogP contribution in [0.1, 0.15) is 39.7 Å². The molecule has 2 nitrogen and oxygen atoms in total. The van der Waals surface area contributed by atoms with Gasteiger partial charge in [0.2, 0.25) is 5.91 Å². The normalized spacial score (nSPS) is 22.8. The second-order valence-corrected chi connectivity index (χ2v) is 6.36. The van der Waals surface area contributed by atoms with Crippen molar-refractivity contribution in [2.24, 2.45) is 11.3 Å². The Labute approximate surface area is 110 Å². The van der Waals surface area contributed by atoms with Crippen molar-refractivity contribution >= 4 is 5.91 Å². The third kappa shape index (κ3) is 2.43. The van der Waals surface area contributed by atoms with Crippen LogP contribution in [0.2, 0.25) is 0 Å². The zero-order valence-electron chi connectivity index (χ0n) is 11.8. The highest BCUT2D eigenvalue weighted by atomic mass is 16.2. The molecule has 0 radical (unpaired) electrons. The third-order valence-corrected chi connectivity index (χ3v) is 3.89. The van der Waals surface area contributed by atoms with E-state index in [1.54, 1.807) is 0 Å². The highest BCUT2D eigenvalue weighted by molar-refractivity contribution is 5.80. The van der Waals surface area contributed by atoms with Gasteiger partial charge in [0, 0.05) is 19.0 Å². The van der Waals surface area contributed by atoms with Crippen LogP contribution in [0.15, 0.2) is 30.3 Å². The van der Waals surface area contributed by atoms with Gasteiger partial charge in [-0.05, 0) is 16.9 Å². The molecule has 0 aromatic heterocycles. The van der Waals surface area contributed by atoms with Gasteiger partial charge in [0.15, 0.2) is 0 Å². The van der Waals surface area contributed by atoms with Crippen LogP contribution in [0.4, 0.5) is 0 Å². The fourth-order valence-corrected chi connectivity index (χ4v) is 3.40. The smallest absolute Gasteiger partial charge is 0.223 e. The maximum absolute atomic E-state index is 12.2. The Morgan fingerprint density at radius 2 is 1.89 bits per heavy atom. The molecule has 0 saturated carbocycles. The Bertz CT molecular complexity index is 422. The molecule has 1 aliphatic rings. The second kappa shape index (κ2) is 4.75. The van der Waals surface area contributed by atoms with Gasteiger partial charge >= 0.3 is 0 Å². The molecular formula is C16H23NO. The number of benzene rings is 1. The largest absolute Gasteiger partial charge is 0.335 e. The highest BCUT2D eigenvalue weighted by Crippen LogP contribution is 2.41. The molecule has 0 spiro atoms. The number of likely N-dealkylation sites (tertiary alicyclic amines) is 1. The van der Waals surface area contributed by atoms with Gasteiger partial charge in [-0.15, -0.1) is 0 Å². The molecule has 1 aliphatic heterocycles. The summed E-state index contributed by atoms with van der Waals surface area (Å²) >= 11 is 0. The van der Waals surface area contributed by atoms with E-state index in [0.29, 0.717) is 24.3 Å². The van der Waals surface area contributed by atoms with Gasteiger partial charge in [-0.3, -0.25) is 4.79 Å². The summed E-state index contributed by atoms with van der Waals surface area (Å²) in [5.41, 5.74) is 1.30. The lowest BCUT2D eigenvalue weighted by Crippen LogP contribution is -2.41. The predicted molar refractivity (Wildman–Crippen MR) is 74.0 cm³/mol. The Balaban J connectivity index is 2.23. The molecule has 0 aliphatic carbocycles. The Morgan fingerprint density at radius 1 is 1.28 bits per heavy atom. The molecule has 1 unspecified atom stereocenters. The van der Waals surface area contributed by atoms with E-state index in [4.69, 9.17) is 0 Å². The van der Waals surface area contributed by atoms with Crippen molar-refractivity contribution in [2.45, 2.75) is 46.7 Å². The number of hydrogen-bond acceptors (Lipinski definition) is 1. The lowest BCUT2D eigenvalue weighted by molar-refractivity contribution is -0.130. The van der Waals surface area contributed by atoms with E-state index in [9.17, 15) is 4.79 Å². The fourth-order valence-electron chi connectivity index (χ4n) is 3.40. The van der Waals surface area contributed by atoms with Crippen LogP contribution in [0.25, 0.3) is 0 Å². The monoisotopic (exact) mass is 245 g/mol. The Kier molecular flexibility index (Phi) is 3.47. The summed E-state index contributed by atoms with van der Waals surface area (Å²) in [6.45, 7) is 9.58. The first-order valence-corrected chi connectivity index (χ1v) is 6.75. The van der Waals surface area contributed by atoms with E-state index >= 15 is 0 Å². The van der Waals surface area contributed by atoms with Crippen LogP contribution in [-0.2, 0) is 11.3 Å². The van der Waals surface area contributed by atoms with E-state index in [1.165, 1.54) is 5.56 Å². The number of nitrogens with zero attached hydrogens (tertiary/aromatic N) is 1. The summed E-state index contributed by atoms with van der Waals surface area (Å²) in [6.07, 6.45) is 0.669. The molecule has 1 aromatic carbocycles. The number of rotatable bonds is 3. The van der Waals surface area contributed by atoms with Gasteiger partial charge in [-0.1, -0.05) is 58.0 Å². The molecule has 1 amide bonds. The molecule has 98 valence electrons. The molecule has 1 heterocycles. The van der Waals surface area contributed by atoms with Crippen molar-refractivity contribution in [3.63, 3.8) is 0 Å². The zero-order chi connectivity index (χ0) is 13.3. The Hall–Kier alpha value is -1.31.